The van der Waals surface area contributed by atoms with Crippen LogP contribution in [0.25, 0.3) is 0 Å². The molecule has 5 rings (SSSR count). The number of nitrogens with zero attached hydrogens (tertiary/aromatic N) is 3. The molecule has 0 saturated carbocycles. The van der Waals surface area contributed by atoms with E-state index in [2.05, 4.69) is 38.8 Å². The first-order chi connectivity index (χ1) is 16.9. The normalized spacial score (nSPS) is 22.5. The SMILES string of the molecule is CC1(O)OC(=O)C=C(OCCN2CCN(C3=Nc4ccccc4Sc4ccccc43)CC2)C(=O)O1. The number of aliphatic hydroxyl groups is 1. The molecule has 1 unspecified atom stereocenters. The van der Waals surface area contributed by atoms with Gasteiger partial charge in [0.15, 0.2) is 0 Å². The zero-order valence-corrected chi connectivity index (χ0v) is 20.0. The van der Waals surface area contributed by atoms with Gasteiger partial charge >= 0.3 is 17.9 Å². The summed E-state index contributed by atoms with van der Waals surface area (Å²) in [5.74, 6) is -3.48. The standard InChI is InChI=1S/C25H25N3O6S/c1-25(31)33-22(29)16-19(24(30)34-25)32-15-14-27-10-12-28(13-11-27)23-17-6-2-4-8-20(17)35-21-9-5-3-7-18(21)26-23/h2-9,16,31H,10-15H2,1H3. The van der Waals surface area contributed by atoms with Crippen molar-refractivity contribution >= 4 is 35.2 Å². The number of cyclic esters (lactones) is 2. The zero-order valence-electron chi connectivity index (χ0n) is 19.2. The van der Waals surface area contributed by atoms with Crippen molar-refractivity contribution in [1.82, 2.24) is 9.80 Å². The van der Waals surface area contributed by atoms with E-state index in [9.17, 15) is 14.7 Å². The number of benzene rings is 2. The molecule has 3 aliphatic heterocycles. The van der Waals surface area contributed by atoms with Crippen molar-refractivity contribution in [3.8, 4) is 0 Å². The lowest BCUT2D eigenvalue weighted by Gasteiger charge is -2.36. The molecule has 0 spiro atoms. The van der Waals surface area contributed by atoms with E-state index < -0.39 is 17.9 Å². The van der Waals surface area contributed by atoms with E-state index >= 15 is 0 Å². The lowest BCUT2D eigenvalue weighted by Crippen LogP contribution is -2.49. The third-order valence-electron chi connectivity index (χ3n) is 5.80. The van der Waals surface area contributed by atoms with Gasteiger partial charge in [-0.1, -0.05) is 42.1 Å². The molecule has 1 N–H and O–H groups in total. The first-order valence-corrected chi connectivity index (χ1v) is 12.1. The molecule has 1 fully saturated rings. The summed E-state index contributed by atoms with van der Waals surface area (Å²) >= 11 is 1.74. The molecule has 0 aromatic heterocycles. The van der Waals surface area contributed by atoms with Crippen molar-refractivity contribution in [2.75, 3.05) is 39.3 Å². The van der Waals surface area contributed by atoms with Gasteiger partial charge in [0.05, 0.1) is 11.8 Å². The maximum absolute atomic E-state index is 12.0. The number of aliphatic imine (C=N–C) groups is 1. The number of ether oxygens (including phenoxy) is 3. The monoisotopic (exact) mass is 495 g/mol. The smallest absolute Gasteiger partial charge is 0.378 e. The van der Waals surface area contributed by atoms with Crippen LogP contribution in [0.15, 0.2) is 75.1 Å². The number of amidine groups is 1. The van der Waals surface area contributed by atoms with Crippen LogP contribution in [0.4, 0.5) is 5.69 Å². The Morgan fingerprint density at radius 2 is 1.74 bits per heavy atom. The topological polar surface area (TPSA) is 101 Å². The zero-order chi connectivity index (χ0) is 24.4. The van der Waals surface area contributed by atoms with Gasteiger partial charge in [-0.2, -0.15) is 0 Å². The molecule has 0 bridgehead atoms. The van der Waals surface area contributed by atoms with Crippen molar-refractivity contribution < 1.29 is 28.9 Å². The molecule has 35 heavy (non-hydrogen) atoms. The third kappa shape index (κ3) is 5.34. The summed E-state index contributed by atoms with van der Waals surface area (Å²) < 4.78 is 14.8. The summed E-state index contributed by atoms with van der Waals surface area (Å²) in [6, 6.07) is 16.5. The number of carbonyl (C=O) groups is 2. The van der Waals surface area contributed by atoms with E-state index in [0.29, 0.717) is 6.54 Å². The van der Waals surface area contributed by atoms with Gasteiger partial charge in [-0.3, -0.25) is 4.90 Å². The lowest BCUT2D eigenvalue weighted by molar-refractivity contribution is -0.309. The highest BCUT2D eigenvalue weighted by Gasteiger charge is 2.36. The molecule has 1 atom stereocenters. The Bertz CT molecular complexity index is 1200. The Hall–Kier alpha value is -3.34. The number of hydrogen-bond donors (Lipinski definition) is 1. The molecule has 1 saturated heterocycles. The van der Waals surface area contributed by atoms with Crippen molar-refractivity contribution in [3.05, 3.63) is 65.9 Å². The van der Waals surface area contributed by atoms with Crippen molar-refractivity contribution in [2.24, 2.45) is 4.99 Å². The Morgan fingerprint density at radius 1 is 1.03 bits per heavy atom. The molecule has 2 aromatic rings. The summed E-state index contributed by atoms with van der Waals surface area (Å²) in [7, 11) is 0. The maximum Gasteiger partial charge on any atom is 0.378 e. The molecule has 2 aromatic carbocycles. The number of carbonyl (C=O) groups excluding carboxylic acids is 2. The van der Waals surface area contributed by atoms with E-state index in [1.165, 1.54) is 4.90 Å². The van der Waals surface area contributed by atoms with Gasteiger partial charge in [0.2, 0.25) is 5.76 Å². The van der Waals surface area contributed by atoms with Crippen LogP contribution < -0.4 is 0 Å². The lowest BCUT2D eigenvalue weighted by atomic mass is 10.1. The van der Waals surface area contributed by atoms with Gasteiger partial charge in [0, 0.05) is 55.0 Å². The average molecular weight is 496 g/mol. The van der Waals surface area contributed by atoms with Gasteiger partial charge < -0.3 is 24.2 Å². The molecular weight excluding hydrogens is 470 g/mol. The fourth-order valence-electron chi connectivity index (χ4n) is 4.10. The Morgan fingerprint density at radius 3 is 2.54 bits per heavy atom. The first kappa shape index (κ1) is 23.4. The average Bonchev–Trinajstić information content (AvgIpc) is 3.05. The Balaban J connectivity index is 1.21. The number of para-hydroxylation sites is 1. The molecule has 9 nitrogen and oxygen atoms in total. The summed E-state index contributed by atoms with van der Waals surface area (Å²) in [4.78, 5) is 35.6. The van der Waals surface area contributed by atoms with Gasteiger partial charge in [-0.05, 0) is 18.2 Å². The van der Waals surface area contributed by atoms with Gasteiger partial charge in [0.1, 0.15) is 12.4 Å². The summed E-state index contributed by atoms with van der Waals surface area (Å²) in [6.07, 6.45) is 0.888. The van der Waals surface area contributed by atoms with Crippen molar-refractivity contribution in [1.29, 1.82) is 0 Å². The first-order valence-electron chi connectivity index (χ1n) is 11.3. The Labute approximate surface area is 207 Å². The quantitative estimate of drug-likeness (QED) is 0.641. The molecule has 0 radical (unpaired) electrons. The van der Waals surface area contributed by atoms with Crippen LogP contribution in [0.2, 0.25) is 0 Å². The second-order valence-corrected chi connectivity index (χ2v) is 9.48. The third-order valence-corrected chi connectivity index (χ3v) is 6.94. The maximum atomic E-state index is 12.0. The number of fused-ring (bicyclic) bond motifs is 2. The molecule has 0 aliphatic carbocycles. The predicted octanol–water partition coefficient (Wildman–Crippen LogP) is 2.51. The summed E-state index contributed by atoms with van der Waals surface area (Å²) in [6.45, 7) is 4.97. The van der Waals surface area contributed by atoms with Crippen LogP contribution in [0.1, 0.15) is 12.5 Å². The number of rotatable bonds is 4. The van der Waals surface area contributed by atoms with Gasteiger partial charge in [0.25, 0.3) is 0 Å². The van der Waals surface area contributed by atoms with Crippen LogP contribution in [0, 0.1) is 0 Å². The number of hydrogen-bond acceptors (Lipinski definition) is 10. The van der Waals surface area contributed by atoms with Crippen molar-refractivity contribution in [2.45, 2.75) is 22.7 Å². The minimum Gasteiger partial charge on any atom is -0.485 e. The van der Waals surface area contributed by atoms with E-state index in [0.717, 1.165) is 61.2 Å². The fourth-order valence-corrected chi connectivity index (χ4v) is 5.12. The second-order valence-electron chi connectivity index (χ2n) is 8.40. The number of piperazine rings is 1. The summed E-state index contributed by atoms with van der Waals surface area (Å²) in [5.41, 5.74) is 2.10. The fraction of sp³-hybridized carbons (Fsp3) is 0.320. The Kier molecular flexibility index (Phi) is 6.50. The molecule has 3 heterocycles. The van der Waals surface area contributed by atoms with Crippen LogP contribution >= 0.6 is 11.8 Å². The van der Waals surface area contributed by atoms with Crippen LogP contribution in [0.3, 0.4) is 0 Å². The van der Waals surface area contributed by atoms with Crippen LogP contribution in [-0.4, -0.2) is 78.0 Å². The van der Waals surface area contributed by atoms with E-state index in [4.69, 9.17) is 14.5 Å². The highest BCUT2D eigenvalue weighted by Crippen LogP contribution is 2.40. The van der Waals surface area contributed by atoms with Gasteiger partial charge in [-0.25, -0.2) is 14.6 Å². The number of esters is 2. The van der Waals surface area contributed by atoms with Crippen molar-refractivity contribution in [3.63, 3.8) is 0 Å². The van der Waals surface area contributed by atoms with E-state index in [1.807, 2.05) is 24.3 Å². The van der Waals surface area contributed by atoms with Crippen LogP contribution in [-0.2, 0) is 23.8 Å². The minimum atomic E-state index is -2.32. The largest absolute Gasteiger partial charge is 0.485 e. The van der Waals surface area contributed by atoms with Crippen LogP contribution in [0.5, 0.6) is 0 Å². The predicted molar refractivity (Wildman–Crippen MR) is 128 cm³/mol. The van der Waals surface area contributed by atoms with Gasteiger partial charge in [-0.15, -0.1) is 0 Å². The second kappa shape index (κ2) is 9.73. The highest BCUT2D eigenvalue weighted by molar-refractivity contribution is 7.99. The summed E-state index contributed by atoms with van der Waals surface area (Å²) in [5, 5.41) is 9.71. The van der Waals surface area contributed by atoms with E-state index in [-0.39, 0.29) is 12.4 Å². The molecule has 10 heteroatoms. The molecule has 182 valence electrons. The van der Waals surface area contributed by atoms with E-state index in [1.54, 1.807) is 11.8 Å². The molecular formula is C25H25N3O6S. The minimum absolute atomic E-state index is 0.185. The molecule has 0 amide bonds. The highest BCUT2D eigenvalue weighted by atomic mass is 32.2. The molecule has 3 aliphatic rings.